The molecule has 10 heavy (non-hydrogen) atoms. The molecule has 1 rings (SSSR count). The predicted octanol–water partition coefficient (Wildman–Crippen LogP) is 1.54. The topological polar surface area (TPSA) is 46.2 Å². The first-order chi connectivity index (χ1) is 4.74. The molecule has 1 aromatic rings. The smallest absolute Gasteiger partial charge is 0.138 e. The standard InChI is InChI=1S/C8H11NO/c1-2-6-3-4-7(9)8(10)5-6/h3-5,10H,2,9H2,1H3. The van der Waals surface area contributed by atoms with E-state index in [4.69, 9.17) is 10.8 Å². The van der Waals surface area contributed by atoms with Crippen LogP contribution >= 0.6 is 0 Å². The average Bonchev–Trinajstić information content (AvgIpc) is 1.95. The second-order valence-electron chi connectivity index (χ2n) is 2.25. The number of aryl methyl sites for hydroxylation is 1. The van der Waals surface area contributed by atoms with Gasteiger partial charge in [-0.2, -0.15) is 0 Å². The summed E-state index contributed by atoms with van der Waals surface area (Å²) in [5, 5.41) is 9.11. The maximum atomic E-state index is 9.11. The second-order valence-corrected chi connectivity index (χ2v) is 2.25. The van der Waals surface area contributed by atoms with Crippen LogP contribution in [0.4, 0.5) is 5.69 Å². The van der Waals surface area contributed by atoms with Gasteiger partial charge in [-0.05, 0) is 24.1 Å². The van der Waals surface area contributed by atoms with E-state index in [-0.39, 0.29) is 5.75 Å². The highest BCUT2D eigenvalue weighted by atomic mass is 16.3. The van der Waals surface area contributed by atoms with Crippen LogP contribution in [0.25, 0.3) is 0 Å². The Bertz CT molecular complexity index is 233. The fraction of sp³-hybridized carbons (Fsp3) is 0.250. The lowest BCUT2D eigenvalue weighted by Crippen LogP contribution is -1.86. The van der Waals surface area contributed by atoms with Crippen molar-refractivity contribution in [1.82, 2.24) is 0 Å². The Hall–Kier alpha value is -1.18. The van der Waals surface area contributed by atoms with Gasteiger partial charge in [-0.25, -0.2) is 0 Å². The molecule has 0 saturated heterocycles. The van der Waals surface area contributed by atoms with Crippen LogP contribution in [0.5, 0.6) is 5.75 Å². The van der Waals surface area contributed by atoms with Gasteiger partial charge in [0.1, 0.15) is 5.75 Å². The number of aromatic hydroxyl groups is 1. The maximum absolute atomic E-state index is 9.11. The highest BCUT2D eigenvalue weighted by molar-refractivity contribution is 5.52. The minimum atomic E-state index is 0.180. The van der Waals surface area contributed by atoms with Crippen molar-refractivity contribution < 1.29 is 5.11 Å². The molecular formula is C8H11NO. The molecule has 0 amide bonds. The highest BCUT2D eigenvalue weighted by Gasteiger charge is 1.95. The first-order valence-corrected chi connectivity index (χ1v) is 3.31. The zero-order valence-corrected chi connectivity index (χ0v) is 5.96. The van der Waals surface area contributed by atoms with Crippen LogP contribution in [0.1, 0.15) is 12.5 Å². The highest BCUT2D eigenvalue weighted by Crippen LogP contribution is 2.20. The van der Waals surface area contributed by atoms with Gasteiger partial charge in [0.2, 0.25) is 0 Å². The lowest BCUT2D eigenvalue weighted by atomic mass is 10.1. The summed E-state index contributed by atoms with van der Waals surface area (Å²) in [4.78, 5) is 0. The van der Waals surface area contributed by atoms with Gasteiger partial charge in [-0.3, -0.25) is 0 Å². The molecule has 0 aromatic heterocycles. The van der Waals surface area contributed by atoms with E-state index in [1.807, 2.05) is 13.0 Å². The van der Waals surface area contributed by atoms with Crippen LogP contribution in [0, 0.1) is 0 Å². The Labute approximate surface area is 60.3 Å². The van der Waals surface area contributed by atoms with E-state index in [1.54, 1.807) is 12.1 Å². The van der Waals surface area contributed by atoms with Gasteiger partial charge in [-0.15, -0.1) is 0 Å². The van der Waals surface area contributed by atoms with Crippen molar-refractivity contribution >= 4 is 5.69 Å². The normalized spacial score (nSPS) is 9.70. The van der Waals surface area contributed by atoms with Crippen molar-refractivity contribution in [3.63, 3.8) is 0 Å². The third kappa shape index (κ3) is 1.21. The number of anilines is 1. The van der Waals surface area contributed by atoms with E-state index < -0.39 is 0 Å². The van der Waals surface area contributed by atoms with E-state index in [0.29, 0.717) is 5.69 Å². The van der Waals surface area contributed by atoms with Gasteiger partial charge in [0.25, 0.3) is 0 Å². The zero-order valence-electron chi connectivity index (χ0n) is 5.96. The molecule has 2 heteroatoms. The summed E-state index contributed by atoms with van der Waals surface area (Å²) < 4.78 is 0. The molecule has 54 valence electrons. The fourth-order valence-electron chi connectivity index (χ4n) is 0.809. The molecule has 0 atom stereocenters. The molecule has 0 aliphatic rings. The molecule has 0 saturated carbocycles. The molecule has 0 aliphatic heterocycles. The molecule has 0 bridgehead atoms. The number of hydrogen-bond donors (Lipinski definition) is 2. The third-order valence-electron chi connectivity index (χ3n) is 1.50. The van der Waals surface area contributed by atoms with Crippen LogP contribution in [0.2, 0.25) is 0 Å². The average molecular weight is 137 g/mol. The number of hydrogen-bond acceptors (Lipinski definition) is 2. The molecule has 0 heterocycles. The Morgan fingerprint density at radius 1 is 1.50 bits per heavy atom. The van der Waals surface area contributed by atoms with E-state index >= 15 is 0 Å². The molecule has 3 N–H and O–H groups in total. The largest absolute Gasteiger partial charge is 0.506 e. The second kappa shape index (κ2) is 2.60. The van der Waals surface area contributed by atoms with E-state index in [2.05, 4.69) is 0 Å². The Kier molecular flexibility index (Phi) is 1.81. The zero-order chi connectivity index (χ0) is 7.56. The quantitative estimate of drug-likeness (QED) is 0.455. The molecule has 0 spiro atoms. The fourth-order valence-corrected chi connectivity index (χ4v) is 0.809. The minimum Gasteiger partial charge on any atom is -0.506 e. The summed E-state index contributed by atoms with van der Waals surface area (Å²) >= 11 is 0. The van der Waals surface area contributed by atoms with E-state index in [9.17, 15) is 0 Å². The van der Waals surface area contributed by atoms with Gasteiger partial charge >= 0.3 is 0 Å². The molecule has 0 radical (unpaired) electrons. The van der Waals surface area contributed by atoms with Crippen LogP contribution < -0.4 is 5.73 Å². The Morgan fingerprint density at radius 2 is 2.20 bits per heavy atom. The number of phenols is 1. The summed E-state index contributed by atoms with van der Waals surface area (Å²) in [5.41, 5.74) is 6.94. The lowest BCUT2D eigenvalue weighted by molar-refractivity contribution is 0.477. The van der Waals surface area contributed by atoms with E-state index in [0.717, 1.165) is 12.0 Å². The number of nitrogens with two attached hydrogens (primary N) is 1. The van der Waals surface area contributed by atoms with Crippen molar-refractivity contribution in [3.8, 4) is 5.75 Å². The predicted molar refractivity (Wildman–Crippen MR) is 41.9 cm³/mol. The number of rotatable bonds is 1. The Balaban J connectivity index is 3.04. The van der Waals surface area contributed by atoms with Crippen molar-refractivity contribution in [2.45, 2.75) is 13.3 Å². The molecule has 0 fully saturated rings. The van der Waals surface area contributed by atoms with Crippen molar-refractivity contribution in [3.05, 3.63) is 23.8 Å². The SMILES string of the molecule is CCc1ccc(N)c(O)c1. The molecular weight excluding hydrogens is 126 g/mol. The number of benzene rings is 1. The molecule has 1 aromatic carbocycles. The first-order valence-electron chi connectivity index (χ1n) is 3.31. The van der Waals surface area contributed by atoms with E-state index in [1.165, 1.54) is 0 Å². The Morgan fingerprint density at radius 3 is 2.70 bits per heavy atom. The van der Waals surface area contributed by atoms with Crippen LogP contribution in [-0.2, 0) is 6.42 Å². The monoisotopic (exact) mass is 137 g/mol. The summed E-state index contributed by atoms with van der Waals surface area (Å²) in [6, 6.07) is 5.32. The van der Waals surface area contributed by atoms with Crippen molar-refractivity contribution in [2.75, 3.05) is 5.73 Å². The summed E-state index contributed by atoms with van der Waals surface area (Å²) in [6.45, 7) is 2.03. The van der Waals surface area contributed by atoms with Gasteiger partial charge < -0.3 is 10.8 Å². The summed E-state index contributed by atoms with van der Waals surface area (Å²) in [5.74, 6) is 0.180. The van der Waals surface area contributed by atoms with Gasteiger partial charge in [0.15, 0.2) is 0 Å². The van der Waals surface area contributed by atoms with Gasteiger partial charge in [0, 0.05) is 0 Å². The minimum absolute atomic E-state index is 0.180. The van der Waals surface area contributed by atoms with Crippen molar-refractivity contribution in [1.29, 1.82) is 0 Å². The van der Waals surface area contributed by atoms with Crippen LogP contribution in [0.15, 0.2) is 18.2 Å². The summed E-state index contributed by atoms with van der Waals surface area (Å²) in [7, 11) is 0. The third-order valence-corrected chi connectivity index (χ3v) is 1.50. The number of phenolic OH excluding ortho intramolecular Hbond substituents is 1. The molecule has 0 unspecified atom stereocenters. The van der Waals surface area contributed by atoms with Gasteiger partial charge in [-0.1, -0.05) is 13.0 Å². The summed E-state index contributed by atoms with van der Waals surface area (Å²) in [6.07, 6.45) is 0.924. The molecule has 0 aliphatic carbocycles. The van der Waals surface area contributed by atoms with Crippen molar-refractivity contribution in [2.24, 2.45) is 0 Å². The maximum Gasteiger partial charge on any atom is 0.138 e. The molecule has 2 nitrogen and oxygen atoms in total. The number of nitrogen functional groups attached to an aromatic ring is 1. The lowest BCUT2D eigenvalue weighted by Gasteiger charge is -1.99. The van der Waals surface area contributed by atoms with Crippen LogP contribution in [0.3, 0.4) is 0 Å². The van der Waals surface area contributed by atoms with Crippen LogP contribution in [-0.4, -0.2) is 5.11 Å². The van der Waals surface area contributed by atoms with Gasteiger partial charge in [0.05, 0.1) is 5.69 Å². The first kappa shape index (κ1) is 6.93.